The van der Waals surface area contributed by atoms with Crippen LogP contribution in [0.3, 0.4) is 0 Å². The molecule has 0 spiro atoms. The van der Waals surface area contributed by atoms with Crippen LogP contribution in [-0.2, 0) is 14.1 Å². The summed E-state index contributed by atoms with van der Waals surface area (Å²) < 4.78 is 24.3. The van der Waals surface area contributed by atoms with Crippen molar-refractivity contribution in [3.05, 3.63) is 29.3 Å². The van der Waals surface area contributed by atoms with E-state index in [1.165, 1.54) is 14.0 Å². The lowest BCUT2D eigenvalue weighted by Crippen LogP contribution is -2.52. The van der Waals surface area contributed by atoms with Crippen LogP contribution >= 0.6 is 7.52 Å². The molecule has 142 valence electrons. The number of carboxylic acids is 1. The number of aryl methyl sites for hydroxylation is 1. The van der Waals surface area contributed by atoms with Gasteiger partial charge in [0.25, 0.3) is 0 Å². The maximum absolute atomic E-state index is 13.4. The lowest BCUT2D eigenvalue weighted by molar-refractivity contribution is -0.145. The molecule has 0 aliphatic rings. The Bertz CT molecular complexity index is 659. The summed E-state index contributed by atoms with van der Waals surface area (Å²) in [6.07, 6.45) is -0.228. The van der Waals surface area contributed by atoms with Crippen molar-refractivity contribution in [3.8, 4) is 5.75 Å². The molecule has 6 nitrogen and oxygen atoms in total. The Hall–Kier alpha value is -1.36. The fourth-order valence-electron chi connectivity index (χ4n) is 2.39. The van der Waals surface area contributed by atoms with Crippen molar-refractivity contribution in [1.82, 2.24) is 5.09 Å². The molecule has 0 radical (unpaired) electrons. The molecule has 0 aliphatic carbocycles. The SMILES string of the molecule is COCP(=O)(N[C@](C)(C(=O)O)C(C)C)Oc1cc(C)ccc1C(C)C. The van der Waals surface area contributed by atoms with Crippen LogP contribution in [0, 0.1) is 12.8 Å². The molecule has 0 saturated carbocycles. The van der Waals surface area contributed by atoms with Crippen molar-refractivity contribution >= 4 is 13.5 Å². The van der Waals surface area contributed by atoms with Gasteiger partial charge in [-0.05, 0) is 42.9 Å². The van der Waals surface area contributed by atoms with Gasteiger partial charge in [0, 0.05) is 7.11 Å². The molecule has 1 rings (SSSR count). The fraction of sp³-hybridized carbons (Fsp3) is 0.611. The van der Waals surface area contributed by atoms with Crippen LogP contribution in [0.25, 0.3) is 0 Å². The van der Waals surface area contributed by atoms with Crippen molar-refractivity contribution in [2.24, 2.45) is 5.92 Å². The summed E-state index contributed by atoms with van der Waals surface area (Å²) in [5.74, 6) is -0.737. The summed E-state index contributed by atoms with van der Waals surface area (Å²) in [6.45, 7) is 11.0. The molecule has 1 aromatic rings. The first kappa shape index (κ1) is 21.7. The van der Waals surface area contributed by atoms with Gasteiger partial charge in [-0.25, -0.2) is 5.09 Å². The van der Waals surface area contributed by atoms with Crippen LogP contribution < -0.4 is 9.61 Å². The Labute approximate surface area is 150 Å². The lowest BCUT2D eigenvalue weighted by Gasteiger charge is -2.34. The molecular weight excluding hydrogens is 341 g/mol. The van der Waals surface area contributed by atoms with E-state index < -0.39 is 19.0 Å². The lowest BCUT2D eigenvalue weighted by atomic mass is 9.90. The fourth-order valence-corrected chi connectivity index (χ4v) is 4.43. The molecule has 0 heterocycles. The van der Waals surface area contributed by atoms with Crippen LogP contribution in [0.5, 0.6) is 5.75 Å². The summed E-state index contributed by atoms with van der Waals surface area (Å²) in [5.41, 5.74) is 0.467. The second-order valence-electron chi connectivity index (χ2n) is 7.15. The number of aliphatic carboxylic acids is 1. The molecule has 1 aromatic carbocycles. The Morgan fingerprint density at radius 1 is 1.32 bits per heavy atom. The molecule has 0 fully saturated rings. The summed E-state index contributed by atoms with van der Waals surface area (Å²) in [4.78, 5) is 11.7. The Morgan fingerprint density at radius 2 is 1.92 bits per heavy atom. The first-order valence-corrected chi connectivity index (χ1v) is 10.2. The number of nitrogens with one attached hydrogen (secondary N) is 1. The van der Waals surface area contributed by atoms with E-state index in [1.807, 2.05) is 39.0 Å². The van der Waals surface area contributed by atoms with Crippen LogP contribution in [0.15, 0.2) is 18.2 Å². The molecule has 1 unspecified atom stereocenters. The molecule has 0 aromatic heterocycles. The van der Waals surface area contributed by atoms with E-state index in [1.54, 1.807) is 13.8 Å². The number of hydrogen-bond donors (Lipinski definition) is 2. The first-order chi connectivity index (χ1) is 11.4. The second kappa shape index (κ2) is 8.35. The van der Waals surface area contributed by atoms with Crippen LogP contribution in [0.1, 0.15) is 51.7 Å². The molecule has 0 bridgehead atoms. The van der Waals surface area contributed by atoms with Gasteiger partial charge in [0.15, 0.2) is 0 Å². The molecule has 2 N–H and O–H groups in total. The van der Waals surface area contributed by atoms with Gasteiger partial charge in [0.2, 0.25) is 0 Å². The van der Waals surface area contributed by atoms with Crippen molar-refractivity contribution in [2.45, 2.75) is 53.0 Å². The quantitative estimate of drug-likeness (QED) is 0.627. The van der Waals surface area contributed by atoms with E-state index in [4.69, 9.17) is 9.26 Å². The average Bonchev–Trinajstić information content (AvgIpc) is 2.46. The van der Waals surface area contributed by atoms with E-state index in [-0.39, 0.29) is 18.2 Å². The third-order valence-electron chi connectivity index (χ3n) is 4.34. The molecule has 7 heteroatoms. The number of ether oxygens (including phenoxy) is 1. The average molecular weight is 371 g/mol. The normalized spacial score (nSPS) is 16.5. The van der Waals surface area contributed by atoms with E-state index in [2.05, 4.69) is 5.09 Å². The summed E-state index contributed by atoms with van der Waals surface area (Å²) >= 11 is 0. The van der Waals surface area contributed by atoms with Crippen molar-refractivity contribution in [1.29, 1.82) is 0 Å². The van der Waals surface area contributed by atoms with Gasteiger partial charge in [0.05, 0.1) is 0 Å². The van der Waals surface area contributed by atoms with Crippen LogP contribution in [0.2, 0.25) is 0 Å². The van der Waals surface area contributed by atoms with E-state index >= 15 is 0 Å². The summed E-state index contributed by atoms with van der Waals surface area (Å²) in [5, 5.41) is 12.4. The molecule has 0 aliphatic heterocycles. The Morgan fingerprint density at radius 3 is 2.36 bits per heavy atom. The highest BCUT2D eigenvalue weighted by Gasteiger charge is 2.44. The third-order valence-corrected chi connectivity index (χ3v) is 6.23. The smallest absolute Gasteiger partial charge is 0.342 e. The van der Waals surface area contributed by atoms with Gasteiger partial charge in [0.1, 0.15) is 17.6 Å². The highest BCUT2D eigenvalue weighted by molar-refractivity contribution is 7.57. The highest BCUT2D eigenvalue weighted by Crippen LogP contribution is 2.48. The summed E-state index contributed by atoms with van der Waals surface area (Å²) in [6, 6.07) is 5.71. The van der Waals surface area contributed by atoms with Gasteiger partial charge in [-0.2, -0.15) is 0 Å². The van der Waals surface area contributed by atoms with Crippen LogP contribution in [0.4, 0.5) is 0 Å². The minimum absolute atomic E-state index is 0.169. The van der Waals surface area contributed by atoms with Gasteiger partial charge >= 0.3 is 13.5 Å². The first-order valence-electron chi connectivity index (χ1n) is 8.36. The predicted octanol–water partition coefficient (Wildman–Crippen LogP) is 4.38. The van der Waals surface area contributed by atoms with Gasteiger partial charge in [-0.15, -0.1) is 0 Å². The number of hydrogen-bond acceptors (Lipinski definition) is 4. The van der Waals surface area contributed by atoms with Crippen molar-refractivity contribution in [3.63, 3.8) is 0 Å². The van der Waals surface area contributed by atoms with Gasteiger partial charge < -0.3 is 14.4 Å². The predicted molar refractivity (Wildman–Crippen MR) is 99.4 cm³/mol. The molecule has 0 amide bonds. The second-order valence-corrected chi connectivity index (χ2v) is 9.16. The number of rotatable bonds is 9. The zero-order valence-corrected chi connectivity index (χ0v) is 17.0. The maximum Gasteiger partial charge on any atom is 0.342 e. The molecular formula is C18H30NO5P. The van der Waals surface area contributed by atoms with Crippen molar-refractivity contribution in [2.75, 3.05) is 13.5 Å². The van der Waals surface area contributed by atoms with Gasteiger partial charge in [-0.1, -0.05) is 39.8 Å². The van der Waals surface area contributed by atoms with Crippen LogP contribution in [-0.4, -0.2) is 30.1 Å². The zero-order valence-electron chi connectivity index (χ0n) is 16.1. The van der Waals surface area contributed by atoms with E-state index in [0.717, 1.165) is 11.1 Å². The molecule has 0 saturated heterocycles. The minimum Gasteiger partial charge on any atom is -0.480 e. The monoisotopic (exact) mass is 371 g/mol. The highest BCUT2D eigenvalue weighted by atomic mass is 31.2. The maximum atomic E-state index is 13.4. The minimum atomic E-state index is -3.61. The molecule has 25 heavy (non-hydrogen) atoms. The number of carboxylic acid groups (broad SMARTS) is 1. The Kier molecular flexibility index (Phi) is 7.24. The van der Waals surface area contributed by atoms with Gasteiger partial charge in [-0.3, -0.25) is 9.36 Å². The third kappa shape index (κ3) is 5.30. The summed E-state index contributed by atoms with van der Waals surface area (Å²) in [7, 11) is -2.20. The zero-order chi connectivity index (χ0) is 19.4. The topological polar surface area (TPSA) is 84.9 Å². The van der Waals surface area contributed by atoms with E-state index in [9.17, 15) is 14.5 Å². The largest absolute Gasteiger partial charge is 0.480 e. The van der Waals surface area contributed by atoms with E-state index in [0.29, 0.717) is 5.75 Å². The standard InChI is InChI=1S/C18H30NO5P/c1-12(2)15-9-8-14(5)10-16(15)24-25(22,11-23-7)19-18(6,13(3)4)17(20)21/h8-10,12-13H,11H2,1-7H3,(H,19,22)(H,20,21)/t18-,25?/m0/s1. The number of benzene rings is 1. The number of methoxy groups -OCH3 is 1. The number of carbonyl (C=O) groups is 1. The van der Waals surface area contributed by atoms with Crippen molar-refractivity contribution < 1.29 is 23.7 Å². The molecule has 2 atom stereocenters. The Balaban J connectivity index is 3.30.